The first kappa shape index (κ1) is 20.8. The number of aromatic nitrogens is 2. The number of benzene rings is 2. The van der Waals surface area contributed by atoms with Gasteiger partial charge in [0.15, 0.2) is 0 Å². The van der Waals surface area contributed by atoms with Gasteiger partial charge in [0.1, 0.15) is 6.04 Å². The molecule has 2 amide bonds. The molecule has 1 aliphatic heterocycles. The second-order valence-corrected chi connectivity index (χ2v) is 8.83. The molecule has 0 saturated carbocycles. The molecule has 2 aliphatic rings. The number of nitrogens with one attached hydrogen (secondary N) is 1. The predicted octanol–water partition coefficient (Wildman–Crippen LogP) is 5.50. The summed E-state index contributed by atoms with van der Waals surface area (Å²) in [7, 11) is 0. The van der Waals surface area contributed by atoms with Crippen molar-refractivity contribution in [2.45, 2.75) is 44.6 Å². The van der Waals surface area contributed by atoms with Crippen molar-refractivity contribution in [2.24, 2.45) is 0 Å². The van der Waals surface area contributed by atoms with Gasteiger partial charge in [0.2, 0.25) is 11.9 Å². The Kier molecular flexibility index (Phi) is 5.70. The van der Waals surface area contributed by atoms with Crippen LogP contribution in [0.1, 0.15) is 44.6 Å². The Labute approximate surface area is 191 Å². The van der Waals surface area contributed by atoms with Gasteiger partial charge in [-0.25, -0.2) is 4.98 Å². The van der Waals surface area contributed by atoms with E-state index in [4.69, 9.17) is 16.6 Å². The predicted molar refractivity (Wildman–Crippen MR) is 127 cm³/mol. The third kappa shape index (κ3) is 4.02. The van der Waals surface area contributed by atoms with Gasteiger partial charge in [-0.05, 0) is 68.5 Å². The van der Waals surface area contributed by atoms with E-state index in [-0.39, 0.29) is 18.2 Å². The number of rotatable bonds is 6. The fourth-order valence-electron chi connectivity index (χ4n) is 4.62. The first-order valence-corrected chi connectivity index (χ1v) is 11.5. The largest absolute Gasteiger partial charge is 0.326 e. The van der Waals surface area contributed by atoms with Crippen LogP contribution in [0.25, 0.3) is 11.0 Å². The lowest BCUT2D eigenvalue weighted by Crippen LogP contribution is -2.32. The van der Waals surface area contributed by atoms with Crippen LogP contribution in [0.5, 0.6) is 0 Å². The molecule has 5 rings (SSSR count). The molecular formula is C25H25ClN4O2. The van der Waals surface area contributed by atoms with Crippen LogP contribution in [-0.4, -0.2) is 27.9 Å². The maximum absolute atomic E-state index is 13.4. The number of fused-ring (bicyclic) bond motifs is 3. The van der Waals surface area contributed by atoms with Crippen LogP contribution in [0.4, 0.5) is 11.6 Å². The maximum atomic E-state index is 13.4. The highest BCUT2D eigenvalue weighted by Crippen LogP contribution is 2.37. The van der Waals surface area contributed by atoms with Gasteiger partial charge in [-0.1, -0.05) is 35.4 Å². The number of allylic oxidation sites excluding steroid dienone is 1. The lowest BCUT2D eigenvalue weighted by atomic mass is 9.97. The zero-order valence-electron chi connectivity index (χ0n) is 17.8. The molecule has 1 aromatic heterocycles. The smallest absolute Gasteiger partial charge is 0.253 e. The lowest BCUT2D eigenvalue weighted by Gasteiger charge is -2.18. The Morgan fingerprint density at radius 3 is 2.72 bits per heavy atom. The zero-order chi connectivity index (χ0) is 22.1. The molecule has 3 aromatic rings. The minimum absolute atomic E-state index is 0.0496. The van der Waals surface area contributed by atoms with Crippen molar-refractivity contribution in [1.82, 2.24) is 9.55 Å². The van der Waals surface area contributed by atoms with Crippen molar-refractivity contribution >= 4 is 46.1 Å². The van der Waals surface area contributed by atoms with Crippen LogP contribution in [-0.2, 0) is 9.59 Å². The molecule has 0 unspecified atom stereocenters. The van der Waals surface area contributed by atoms with E-state index in [1.54, 1.807) is 29.2 Å². The third-order valence-electron chi connectivity index (χ3n) is 6.23. The number of nitrogens with zero attached hydrogens (tertiary/aromatic N) is 3. The van der Waals surface area contributed by atoms with E-state index >= 15 is 0 Å². The molecule has 1 aliphatic carbocycles. The minimum Gasteiger partial charge on any atom is -0.326 e. The second-order valence-electron chi connectivity index (χ2n) is 8.39. The van der Waals surface area contributed by atoms with E-state index < -0.39 is 6.04 Å². The average molecular weight is 449 g/mol. The summed E-state index contributed by atoms with van der Waals surface area (Å²) >= 11 is 5.93. The van der Waals surface area contributed by atoms with Crippen molar-refractivity contribution in [3.8, 4) is 0 Å². The molecule has 2 heterocycles. The summed E-state index contributed by atoms with van der Waals surface area (Å²) in [6.45, 7) is 0.587. The van der Waals surface area contributed by atoms with Crippen LogP contribution in [0.15, 0.2) is 60.2 Å². The number of carbonyl (C=O) groups excluding carboxylic acids is 2. The summed E-state index contributed by atoms with van der Waals surface area (Å²) in [6.07, 6.45) is 7.88. The molecule has 0 bridgehead atoms. The molecule has 7 heteroatoms. The van der Waals surface area contributed by atoms with E-state index in [1.807, 2.05) is 28.8 Å². The van der Waals surface area contributed by atoms with Crippen molar-refractivity contribution in [3.05, 3.63) is 65.2 Å². The van der Waals surface area contributed by atoms with Gasteiger partial charge in [0.05, 0.1) is 17.5 Å². The molecule has 0 spiro atoms. The molecule has 1 atom stereocenters. The van der Waals surface area contributed by atoms with Gasteiger partial charge in [0.25, 0.3) is 5.91 Å². The molecule has 1 N–H and O–H groups in total. The first-order valence-electron chi connectivity index (χ1n) is 11.1. The molecule has 164 valence electrons. The van der Waals surface area contributed by atoms with Crippen LogP contribution in [0.3, 0.4) is 0 Å². The Morgan fingerprint density at radius 2 is 1.94 bits per heavy atom. The maximum Gasteiger partial charge on any atom is 0.253 e. The molecule has 0 radical (unpaired) electrons. The van der Waals surface area contributed by atoms with E-state index in [1.165, 1.54) is 18.4 Å². The standard InChI is InChI=1S/C25H25ClN4O2/c26-18-10-12-19(13-11-18)27-23(31)16-22-24(32)29(15-14-17-6-2-1-3-7-17)25-28-20-8-4-5-9-21(20)30(22)25/h4-6,8-13,22H,1-3,7,14-16H2,(H,27,31)/t22-/m1/s1. The van der Waals surface area contributed by atoms with Gasteiger partial charge in [-0.3, -0.25) is 19.1 Å². The fraction of sp³-hybridized carbons (Fsp3) is 0.320. The van der Waals surface area contributed by atoms with Gasteiger partial charge in [-0.15, -0.1) is 0 Å². The SMILES string of the molecule is O=C(C[C@@H]1C(=O)N(CCC2=CCCCC2)c2nc3ccccc3n21)Nc1ccc(Cl)cc1. The quantitative estimate of drug-likeness (QED) is 0.506. The fourth-order valence-corrected chi connectivity index (χ4v) is 4.74. The molecule has 2 aromatic carbocycles. The van der Waals surface area contributed by atoms with Crippen molar-refractivity contribution in [1.29, 1.82) is 0 Å². The summed E-state index contributed by atoms with van der Waals surface area (Å²) in [5.41, 5.74) is 3.77. The minimum atomic E-state index is -0.606. The summed E-state index contributed by atoms with van der Waals surface area (Å²) in [5.74, 6) is 0.351. The topological polar surface area (TPSA) is 67.2 Å². The number of hydrogen-bond acceptors (Lipinski definition) is 3. The molecule has 32 heavy (non-hydrogen) atoms. The first-order chi connectivity index (χ1) is 15.6. The highest BCUT2D eigenvalue weighted by atomic mass is 35.5. The molecule has 0 fully saturated rings. The van der Waals surface area contributed by atoms with Crippen LogP contribution in [0.2, 0.25) is 5.02 Å². The number of amides is 2. The van der Waals surface area contributed by atoms with E-state index in [0.717, 1.165) is 30.3 Å². The van der Waals surface area contributed by atoms with Gasteiger partial charge >= 0.3 is 0 Å². The number of halogens is 1. The second kappa shape index (κ2) is 8.79. The van der Waals surface area contributed by atoms with E-state index in [0.29, 0.717) is 23.2 Å². The highest BCUT2D eigenvalue weighted by molar-refractivity contribution is 6.30. The third-order valence-corrected chi connectivity index (χ3v) is 6.48. The van der Waals surface area contributed by atoms with Crippen molar-refractivity contribution in [2.75, 3.05) is 16.8 Å². The number of anilines is 2. The van der Waals surface area contributed by atoms with Gasteiger partial charge in [0, 0.05) is 17.3 Å². The van der Waals surface area contributed by atoms with E-state index in [2.05, 4.69) is 11.4 Å². The Balaban J connectivity index is 1.40. The molecule has 6 nitrogen and oxygen atoms in total. The highest BCUT2D eigenvalue weighted by Gasteiger charge is 2.40. The van der Waals surface area contributed by atoms with Gasteiger partial charge in [-0.2, -0.15) is 0 Å². The zero-order valence-corrected chi connectivity index (χ0v) is 18.5. The average Bonchev–Trinajstić information content (AvgIpc) is 3.29. The number of para-hydroxylation sites is 2. The Hall–Kier alpha value is -3.12. The van der Waals surface area contributed by atoms with Crippen LogP contribution >= 0.6 is 11.6 Å². The number of hydrogen-bond donors (Lipinski definition) is 1. The molecule has 0 saturated heterocycles. The Morgan fingerprint density at radius 1 is 1.12 bits per heavy atom. The van der Waals surface area contributed by atoms with Crippen molar-refractivity contribution < 1.29 is 9.59 Å². The lowest BCUT2D eigenvalue weighted by molar-refractivity contribution is -0.124. The van der Waals surface area contributed by atoms with Crippen LogP contribution in [0, 0.1) is 0 Å². The summed E-state index contributed by atoms with van der Waals surface area (Å²) < 4.78 is 1.92. The Bertz CT molecular complexity index is 1200. The molecular weight excluding hydrogens is 424 g/mol. The monoisotopic (exact) mass is 448 g/mol. The number of imidazole rings is 1. The van der Waals surface area contributed by atoms with Gasteiger partial charge < -0.3 is 5.32 Å². The number of carbonyl (C=O) groups is 2. The normalized spacial score (nSPS) is 18.0. The summed E-state index contributed by atoms with van der Waals surface area (Å²) in [4.78, 5) is 32.7. The summed E-state index contributed by atoms with van der Waals surface area (Å²) in [6, 6.07) is 14.1. The van der Waals surface area contributed by atoms with E-state index in [9.17, 15) is 9.59 Å². The van der Waals surface area contributed by atoms with Crippen molar-refractivity contribution in [3.63, 3.8) is 0 Å². The van der Waals surface area contributed by atoms with Crippen LogP contribution < -0.4 is 10.2 Å². The summed E-state index contributed by atoms with van der Waals surface area (Å²) in [5, 5.41) is 3.48.